The lowest BCUT2D eigenvalue weighted by Crippen LogP contribution is -2.24. The largest absolute Gasteiger partial charge is 0.374 e. The second-order valence-electron chi connectivity index (χ2n) is 9.71. The second kappa shape index (κ2) is 19.8. The fourth-order valence-corrected chi connectivity index (χ4v) is 5.08. The Labute approximate surface area is 212 Å². The van der Waals surface area contributed by atoms with E-state index >= 15 is 0 Å². The van der Waals surface area contributed by atoms with Gasteiger partial charge >= 0.3 is 0 Å². The molecule has 1 saturated heterocycles. The van der Waals surface area contributed by atoms with Crippen LogP contribution in [0.4, 0.5) is 0 Å². The highest BCUT2D eigenvalue weighted by molar-refractivity contribution is 9.09. The van der Waals surface area contributed by atoms with E-state index in [-0.39, 0.29) is 17.2 Å². The van der Waals surface area contributed by atoms with Crippen LogP contribution in [-0.2, 0) is 20.8 Å². The maximum atomic E-state index is 6.04. The molecule has 1 aliphatic rings. The van der Waals surface area contributed by atoms with Crippen LogP contribution in [0.1, 0.15) is 115 Å². The van der Waals surface area contributed by atoms with E-state index in [2.05, 4.69) is 35.0 Å². The van der Waals surface area contributed by atoms with Gasteiger partial charge < -0.3 is 14.2 Å². The Hall–Kier alpha value is -0.420. The van der Waals surface area contributed by atoms with Crippen molar-refractivity contribution < 1.29 is 14.2 Å². The zero-order chi connectivity index (χ0) is 23.4. The molecular weight excluding hydrogens is 476 g/mol. The number of hydrogen-bond donors (Lipinski definition) is 0. The van der Waals surface area contributed by atoms with E-state index in [0.29, 0.717) is 19.8 Å². The van der Waals surface area contributed by atoms with Crippen molar-refractivity contribution in [3.8, 4) is 0 Å². The standard InChI is InChI=1S/C29H49BrO3/c1-2-3-4-5-6-7-8-9-10-11-12-13-14-15-19-22-28(30)29-32-25-27(33-29)24-31-23-26-20-17-16-18-21-26/h16-18,20-21,27-29H,2-15,19,22-25H2,1H3/t27-,28?,29?/m0/s1. The van der Waals surface area contributed by atoms with E-state index in [4.69, 9.17) is 14.2 Å². The van der Waals surface area contributed by atoms with Crippen LogP contribution in [-0.4, -0.2) is 30.4 Å². The molecule has 0 aromatic heterocycles. The van der Waals surface area contributed by atoms with Crippen molar-refractivity contribution in [1.82, 2.24) is 0 Å². The number of benzene rings is 1. The third-order valence-electron chi connectivity index (χ3n) is 6.57. The lowest BCUT2D eigenvalue weighted by molar-refractivity contribution is -0.0722. The van der Waals surface area contributed by atoms with Gasteiger partial charge in [0.1, 0.15) is 6.10 Å². The summed E-state index contributed by atoms with van der Waals surface area (Å²) in [5.41, 5.74) is 1.19. The Balaban J connectivity index is 1.34. The molecule has 4 heteroatoms. The van der Waals surface area contributed by atoms with E-state index in [1.807, 2.05) is 18.2 Å². The topological polar surface area (TPSA) is 27.7 Å². The molecule has 0 aliphatic carbocycles. The van der Waals surface area contributed by atoms with Crippen LogP contribution < -0.4 is 0 Å². The zero-order valence-electron chi connectivity index (χ0n) is 21.2. The van der Waals surface area contributed by atoms with Crippen molar-refractivity contribution >= 4 is 15.9 Å². The molecule has 1 aromatic carbocycles. The third-order valence-corrected chi connectivity index (χ3v) is 7.46. The molecule has 2 rings (SSSR count). The number of rotatable bonds is 21. The van der Waals surface area contributed by atoms with E-state index in [1.54, 1.807) is 0 Å². The minimum Gasteiger partial charge on any atom is -0.374 e. The molecule has 2 unspecified atom stereocenters. The molecule has 0 N–H and O–H groups in total. The molecular formula is C29H49BrO3. The van der Waals surface area contributed by atoms with Gasteiger partial charge in [0.05, 0.1) is 24.6 Å². The molecule has 0 radical (unpaired) electrons. The molecule has 190 valence electrons. The molecule has 1 aromatic rings. The van der Waals surface area contributed by atoms with Crippen molar-refractivity contribution in [1.29, 1.82) is 0 Å². The lowest BCUT2D eigenvalue weighted by atomic mass is 10.0. The van der Waals surface area contributed by atoms with Crippen LogP contribution in [0.2, 0.25) is 0 Å². The Morgan fingerprint density at radius 1 is 0.818 bits per heavy atom. The van der Waals surface area contributed by atoms with E-state index < -0.39 is 0 Å². The predicted octanol–water partition coefficient (Wildman–Crippen LogP) is 8.97. The summed E-state index contributed by atoms with van der Waals surface area (Å²) in [7, 11) is 0. The molecule has 3 nitrogen and oxygen atoms in total. The summed E-state index contributed by atoms with van der Waals surface area (Å²) in [4.78, 5) is 0.276. The molecule has 1 aliphatic heterocycles. The van der Waals surface area contributed by atoms with Gasteiger partial charge in [0.25, 0.3) is 0 Å². The van der Waals surface area contributed by atoms with Gasteiger partial charge in [-0.25, -0.2) is 0 Å². The Bertz CT molecular complexity index is 553. The van der Waals surface area contributed by atoms with E-state index in [0.717, 1.165) is 6.42 Å². The normalized spacial score (nSPS) is 19.2. The average molecular weight is 526 g/mol. The maximum absolute atomic E-state index is 6.04. The summed E-state index contributed by atoms with van der Waals surface area (Å²) >= 11 is 3.79. The first-order valence-electron chi connectivity index (χ1n) is 13.8. The van der Waals surface area contributed by atoms with Gasteiger partial charge in [-0.15, -0.1) is 0 Å². The molecule has 1 fully saturated rings. The first kappa shape index (κ1) is 28.8. The monoisotopic (exact) mass is 524 g/mol. The van der Waals surface area contributed by atoms with Crippen molar-refractivity contribution in [3.05, 3.63) is 35.9 Å². The van der Waals surface area contributed by atoms with Gasteiger partial charge in [0.2, 0.25) is 0 Å². The maximum Gasteiger partial charge on any atom is 0.170 e. The van der Waals surface area contributed by atoms with Crippen molar-refractivity contribution in [2.45, 2.75) is 133 Å². The summed E-state index contributed by atoms with van der Waals surface area (Å²) in [6.45, 7) is 4.13. The fraction of sp³-hybridized carbons (Fsp3) is 0.793. The Kier molecular flexibility index (Phi) is 17.3. The van der Waals surface area contributed by atoms with E-state index in [1.165, 1.54) is 102 Å². The molecule has 0 amide bonds. The van der Waals surface area contributed by atoms with Gasteiger partial charge in [-0.2, -0.15) is 0 Å². The van der Waals surface area contributed by atoms with Crippen LogP contribution in [0.3, 0.4) is 0 Å². The SMILES string of the molecule is CCCCCCCCCCCCCCCCCC(Br)C1OC[C@H](COCc2ccccc2)O1. The van der Waals surface area contributed by atoms with Crippen molar-refractivity contribution in [3.63, 3.8) is 0 Å². The number of hydrogen-bond acceptors (Lipinski definition) is 3. The van der Waals surface area contributed by atoms with Gasteiger partial charge in [-0.05, 0) is 12.0 Å². The highest BCUT2D eigenvalue weighted by atomic mass is 79.9. The highest BCUT2D eigenvalue weighted by Gasteiger charge is 2.31. The summed E-state index contributed by atoms with van der Waals surface area (Å²) < 4.78 is 17.7. The van der Waals surface area contributed by atoms with Crippen LogP contribution in [0.5, 0.6) is 0 Å². The fourth-order valence-electron chi connectivity index (χ4n) is 4.48. The summed E-state index contributed by atoms with van der Waals surface area (Å²) in [6.07, 6.45) is 22.1. The van der Waals surface area contributed by atoms with Crippen LogP contribution >= 0.6 is 15.9 Å². The summed E-state index contributed by atoms with van der Waals surface area (Å²) in [6, 6.07) is 10.3. The predicted molar refractivity (Wildman–Crippen MR) is 143 cm³/mol. The third kappa shape index (κ3) is 14.5. The first-order valence-corrected chi connectivity index (χ1v) is 14.7. The van der Waals surface area contributed by atoms with Crippen molar-refractivity contribution in [2.75, 3.05) is 13.2 Å². The van der Waals surface area contributed by atoms with Crippen LogP contribution in [0, 0.1) is 0 Å². The van der Waals surface area contributed by atoms with Crippen LogP contribution in [0.15, 0.2) is 30.3 Å². The second-order valence-corrected chi connectivity index (χ2v) is 10.9. The first-order chi connectivity index (χ1) is 16.3. The molecule has 33 heavy (non-hydrogen) atoms. The Morgan fingerprint density at radius 3 is 1.94 bits per heavy atom. The number of alkyl halides is 1. The van der Waals surface area contributed by atoms with Crippen LogP contribution in [0.25, 0.3) is 0 Å². The average Bonchev–Trinajstić information content (AvgIpc) is 3.31. The number of halogens is 1. The smallest absolute Gasteiger partial charge is 0.170 e. The lowest BCUT2D eigenvalue weighted by Gasteiger charge is -2.17. The van der Waals surface area contributed by atoms with Crippen molar-refractivity contribution in [2.24, 2.45) is 0 Å². The molecule has 3 atom stereocenters. The summed E-state index contributed by atoms with van der Waals surface area (Å²) in [5, 5.41) is 0. The molecule has 0 spiro atoms. The van der Waals surface area contributed by atoms with Gasteiger partial charge in [0, 0.05) is 0 Å². The minimum atomic E-state index is -0.137. The quantitative estimate of drug-likeness (QED) is 0.118. The van der Waals surface area contributed by atoms with E-state index in [9.17, 15) is 0 Å². The zero-order valence-corrected chi connectivity index (χ0v) is 22.7. The van der Waals surface area contributed by atoms with Gasteiger partial charge in [0.15, 0.2) is 6.29 Å². The number of ether oxygens (including phenoxy) is 3. The molecule has 0 saturated carbocycles. The molecule has 1 heterocycles. The highest BCUT2D eigenvalue weighted by Crippen LogP contribution is 2.25. The minimum absolute atomic E-state index is 0.0415. The molecule has 0 bridgehead atoms. The Morgan fingerprint density at radius 2 is 1.36 bits per heavy atom. The van der Waals surface area contributed by atoms with Gasteiger partial charge in [-0.3, -0.25) is 0 Å². The number of unbranched alkanes of at least 4 members (excludes halogenated alkanes) is 14. The summed E-state index contributed by atoms with van der Waals surface area (Å²) in [5.74, 6) is 0. The van der Waals surface area contributed by atoms with Gasteiger partial charge in [-0.1, -0.05) is 149 Å².